The molecular weight excluding hydrogens is 214 g/mol. The van der Waals surface area contributed by atoms with Crippen molar-refractivity contribution in [1.29, 1.82) is 0 Å². The summed E-state index contributed by atoms with van der Waals surface area (Å²) in [6.07, 6.45) is 0.881. The first-order valence-corrected chi connectivity index (χ1v) is 5.91. The maximum absolute atomic E-state index is 10.7. The standard InChI is InChI=1S/C14H21NO2/c1-11(2)15(7-8-17-4)14-6-5-13(10-16)9-12(14)3/h5-6,9-11H,7-8H2,1-4H3. The van der Waals surface area contributed by atoms with Gasteiger partial charge in [-0.25, -0.2) is 0 Å². The van der Waals surface area contributed by atoms with Crippen LogP contribution in [0, 0.1) is 6.92 Å². The number of hydrogen-bond acceptors (Lipinski definition) is 3. The Hall–Kier alpha value is -1.35. The zero-order valence-electron chi connectivity index (χ0n) is 11.1. The Bertz CT molecular complexity index is 374. The van der Waals surface area contributed by atoms with E-state index in [1.54, 1.807) is 7.11 Å². The SMILES string of the molecule is COCCN(c1ccc(C=O)cc1C)C(C)C. The lowest BCUT2D eigenvalue weighted by Gasteiger charge is -2.30. The molecule has 17 heavy (non-hydrogen) atoms. The number of carbonyl (C=O) groups is 1. The number of anilines is 1. The molecule has 3 heteroatoms. The normalized spacial score (nSPS) is 10.6. The van der Waals surface area contributed by atoms with Crippen LogP contribution in [0.15, 0.2) is 18.2 Å². The van der Waals surface area contributed by atoms with Gasteiger partial charge in [0.2, 0.25) is 0 Å². The summed E-state index contributed by atoms with van der Waals surface area (Å²) in [5.41, 5.74) is 3.02. The lowest BCUT2D eigenvalue weighted by Crippen LogP contribution is -2.34. The van der Waals surface area contributed by atoms with Crippen LogP contribution in [0.4, 0.5) is 5.69 Å². The molecule has 0 unspecified atom stereocenters. The third kappa shape index (κ3) is 3.56. The highest BCUT2D eigenvalue weighted by atomic mass is 16.5. The van der Waals surface area contributed by atoms with Crippen LogP contribution in [0.2, 0.25) is 0 Å². The summed E-state index contributed by atoms with van der Waals surface area (Å²) >= 11 is 0. The van der Waals surface area contributed by atoms with Crippen molar-refractivity contribution in [2.24, 2.45) is 0 Å². The number of hydrogen-bond donors (Lipinski definition) is 0. The lowest BCUT2D eigenvalue weighted by atomic mass is 10.1. The highest BCUT2D eigenvalue weighted by molar-refractivity contribution is 5.77. The minimum atomic E-state index is 0.408. The van der Waals surface area contributed by atoms with E-state index < -0.39 is 0 Å². The third-order valence-electron chi connectivity index (χ3n) is 2.83. The Kier molecular flexibility index (Phi) is 5.16. The molecule has 1 aromatic carbocycles. The van der Waals surface area contributed by atoms with Crippen LogP contribution in [0.25, 0.3) is 0 Å². The van der Waals surface area contributed by atoms with Gasteiger partial charge in [0, 0.05) is 30.9 Å². The predicted octanol–water partition coefficient (Wildman–Crippen LogP) is 2.67. The van der Waals surface area contributed by atoms with E-state index in [-0.39, 0.29) is 0 Å². The van der Waals surface area contributed by atoms with Gasteiger partial charge in [-0.05, 0) is 44.5 Å². The molecule has 0 amide bonds. The Morgan fingerprint density at radius 1 is 1.41 bits per heavy atom. The summed E-state index contributed by atoms with van der Waals surface area (Å²) in [7, 11) is 1.71. The molecule has 0 fully saturated rings. The van der Waals surface area contributed by atoms with Gasteiger partial charge in [0.25, 0.3) is 0 Å². The molecule has 94 valence electrons. The maximum Gasteiger partial charge on any atom is 0.150 e. The summed E-state index contributed by atoms with van der Waals surface area (Å²) < 4.78 is 5.13. The molecule has 1 rings (SSSR count). The molecule has 0 aliphatic carbocycles. The molecule has 0 N–H and O–H groups in total. The summed E-state index contributed by atoms with van der Waals surface area (Å²) in [6, 6.07) is 6.20. The number of aryl methyl sites for hydroxylation is 1. The number of nitrogens with zero attached hydrogens (tertiary/aromatic N) is 1. The van der Waals surface area contributed by atoms with Crippen LogP contribution < -0.4 is 4.90 Å². The molecule has 0 spiro atoms. The molecule has 0 bridgehead atoms. The van der Waals surface area contributed by atoms with Crippen molar-refractivity contribution in [2.75, 3.05) is 25.2 Å². The van der Waals surface area contributed by atoms with E-state index in [9.17, 15) is 4.79 Å². The fourth-order valence-corrected chi connectivity index (χ4v) is 1.92. The van der Waals surface area contributed by atoms with Crippen LogP contribution in [-0.4, -0.2) is 32.6 Å². The molecule has 0 aromatic heterocycles. The molecule has 0 heterocycles. The van der Waals surface area contributed by atoms with Gasteiger partial charge in [-0.2, -0.15) is 0 Å². The molecule has 0 radical (unpaired) electrons. The zero-order valence-corrected chi connectivity index (χ0v) is 11.1. The molecule has 0 aliphatic heterocycles. The fraction of sp³-hybridized carbons (Fsp3) is 0.500. The predicted molar refractivity (Wildman–Crippen MR) is 70.9 cm³/mol. The van der Waals surface area contributed by atoms with Gasteiger partial charge < -0.3 is 9.64 Å². The number of methoxy groups -OCH3 is 1. The quantitative estimate of drug-likeness (QED) is 0.710. The second kappa shape index (κ2) is 6.40. The van der Waals surface area contributed by atoms with E-state index in [1.807, 2.05) is 25.1 Å². The largest absolute Gasteiger partial charge is 0.383 e. The summed E-state index contributed by atoms with van der Waals surface area (Å²) in [4.78, 5) is 13.0. The molecule has 1 aromatic rings. The lowest BCUT2D eigenvalue weighted by molar-refractivity contribution is 0.112. The van der Waals surface area contributed by atoms with Crippen LogP contribution in [0.1, 0.15) is 29.8 Å². The summed E-state index contributed by atoms with van der Waals surface area (Å²) in [6.45, 7) is 7.90. The second-order valence-corrected chi connectivity index (χ2v) is 4.44. The van der Waals surface area contributed by atoms with E-state index in [1.165, 1.54) is 5.69 Å². The average Bonchev–Trinajstić information content (AvgIpc) is 2.30. The van der Waals surface area contributed by atoms with E-state index in [0.29, 0.717) is 12.6 Å². The van der Waals surface area contributed by atoms with Crippen molar-refractivity contribution in [2.45, 2.75) is 26.8 Å². The van der Waals surface area contributed by atoms with Crippen molar-refractivity contribution in [3.05, 3.63) is 29.3 Å². The van der Waals surface area contributed by atoms with Crippen molar-refractivity contribution in [1.82, 2.24) is 0 Å². The summed E-state index contributed by atoms with van der Waals surface area (Å²) in [5.74, 6) is 0. The Morgan fingerprint density at radius 3 is 2.59 bits per heavy atom. The molecule has 0 atom stereocenters. The first-order chi connectivity index (χ1) is 8.10. The first-order valence-electron chi connectivity index (χ1n) is 5.91. The zero-order chi connectivity index (χ0) is 12.8. The monoisotopic (exact) mass is 235 g/mol. The van der Waals surface area contributed by atoms with E-state index in [0.717, 1.165) is 24.0 Å². The van der Waals surface area contributed by atoms with Crippen LogP contribution in [0.5, 0.6) is 0 Å². The van der Waals surface area contributed by atoms with Gasteiger partial charge in [0.15, 0.2) is 0 Å². The summed E-state index contributed by atoms with van der Waals surface area (Å²) in [5, 5.41) is 0. The Morgan fingerprint density at radius 2 is 2.12 bits per heavy atom. The maximum atomic E-state index is 10.7. The fourth-order valence-electron chi connectivity index (χ4n) is 1.92. The van der Waals surface area contributed by atoms with Gasteiger partial charge in [-0.1, -0.05) is 0 Å². The van der Waals surface area contributed by atoms with Crippen molar-refractivity contribution in [3.63, 3.8) is 0 Å². The average molecular weight is 235 g/mol. The number of benzene rings is 1. The number of rotatable bonds is 6. The number of ether oxygens (including phenoxy) is 1. The van der Waals surface area contributed by atoms with Crippen molar-refractivity contribution < 1.29 is 9.53 Å². The number of carbonyl (C=O) groups excluding carboxylic acids is 1. The van der Waals surface area contributed by atoms with Crippen LogP contribution >= 0.6 is 0 Å². The first kappa shape index (κ1) is 13.7. The van der Waals surface area contributed by atoms with Crippen molar-refractivity contribution >= 4 is 12.0 Å². The van der Waals surface area contributed by atoms with Crippen molar-refractivity contribution in [3.8, 4) is 0 Å². The van der Waals surface area contributed by atoms with E-state index in [2.05, 4.69) is 18.7 Å². The van der Waals surface area contributed by atoms with Gasteiger partial charge >= 0.3 is 0 Å². The van der Waals surface area contributed by atoms with Crippen LogP contribution in [0.3, 0.4) is 0 Å². The Labute approximate surface area is 103 Å². The van der Waals surface area contributed by atoms with E-state index >= 15 is 0 Å². The van der Waals surface area contributed by atoms with Gasteiger partial charge in [-0.15, -0.1) is 0 Å². The third-order valence-corrected chi connectivity index (χ3v) is 2.83. The highest BCUT2D eigenvalue weighted by Gasteiger charge is 2.12. The van der Waals surface area contributed by atoms with Crippen LogP contribution in [-0.2, 0) is 4.74 Å². The molecule has 0 saturated carbocycles. The second-order valence-electron chi connectivity index (χ2n) is 4.44. The molecule has 0 saturated heterocycles. The smallest absolute Gasteiger partial charge is 0.150 e. The minimum absolute atomic E-state index is 0.408. The number of aldehydes is 1. The van der Waals surface area contributed by atoms with Gasteiger partial charge in [0.05, 0.1) is 6.61 Å². The molecule has 0 aliphatic rings. The molecular formula is C14H21NO2. The molecule has 3 nitrogen and oxygen atoms in total. The Balaban J connectivity index is 2.97. The van der Waals surface area contributed by atoms with E-state index in [4.69, 9.17) is 4.74 Å². The minimum Gasteiger partial charge on any atom is -0.383 e. The topological polar surface area (TPSA) is 29.5 Å². The highest BCUT2D eigenvalue weighted by Crippen LogP contribution is 2.22. The van der Waals surface area contributed by atoms with Gasteiger partial charge in [0.1, 0.15) is 6.29 Å². The van der Waals surface area contributed by atoms with Gasteiger partial charge in [-0.3, -0.25) is 4.79 Å².